The van der Waals surface area contributed by atoms with Crippen molar-refractivity contribution in [2.45, 2.75) is 51.6 Å². The van der Waals surface area contributed by atoms with Gasteiger partial charge in [-0.05, 0) is 98.2 Å². The monoisotopic (exact) mass is 409 g/mol. The van der Waals surface area contributed by atoms with Gasteiger partial charge in [0, 0.05) is 12.1 Å². The third kappa shape index (κ3) is 4.54. The number of halogens is 2. The van der Waals surface area contributed by atoms with E-state index in [0.29, 0.717) is 12.1 Å². The Labute approximate surface area is 168 Å². The molecule has 1 amide bonds. The van der Waals surface area contributed by atoms with E-state index in [9.17, 15) is 13.6 Å². The van der Waals surface area contributed by atoms with Gasteiger partial charge in [0.15, 0.2) is 5.11 Å². The number of hydrogen-bond donors (Lipinski definition) is 3. The number of carbonyl (C=O) groups excluding carboxylic acids is 1. The van der Waals surface area contributed by atoms with Gasteiger partial charge < -0.3 is 10.1 Å². The predicted molar refractivity (Wildman–Crippen MR) is 106 cm³/mol. The Bertz CT molecular complexity index is 706. The summed E-state index contributed by atoms with van der Waals surface area (Å²) in [7, 11) is 0. The summed E-state index contributed by atoms with van der Waals surface area (Å²) < 4.78 is 28.6. The molecule has 1 aromatic rings. The summed E-state index contributed by atoms with van der Waals surface area (Å²) in [6.07, 6.45) is 8.16. The summed E-state index contributed by atoms with van der Waals surface area (Å²) in [5, 5.41) is 3.14. The number of thiocarbonyl (C=S) groups is 1. The summed E-state index contributed by atoms with van der Waals surface area (Å²) in [5.41, 5.74) is 6.21. The normalized spacial score (nSPS) is 30.2. The lowest BCUT2D eigenvalue weighted by Crippen LogP contribution is -2.50. The third-order valence-electron chi connectivity index (χ3n) is 6.35. The van der Waals surface area contributed by atoms with E-state index in [2.05, 4.69) is 20.9 Å². The molecule has 0 atom stereocenters. The zero-order valence-corrected chi connectivity index (χ0v) is 16.4. The molecule has 152 valence electrons. The second kappa shape index (κ2) is 7.81. The van der Waals surface area contributed by atoms with Crippen LogP contribution in [0.1, 0.15) is 44.9 Å². The lowest BCUT2D eigenvalue weighted by molar-refractivity contribution is -0.130. The predicted octanol–water partition coefficient (Wildman–Crippen LogP) is 4.21. The van der Waals surface area contributed by atoms with Crippen LogP contribution >= 0.6 is 12.2 Å². The van der Waals surface area contributed by atoms with Gasteiger partial charge in [0.1, 0.15) is 5.75 Å². The van der Waals surface area contributed by atoms with E-state index in [1.165, 1.54) is 50.7 Å². The zero-order chi connectivity index (χ0) is 19.7. The fourth-order valence-corrected chi connectivity index (χ4v) is 6.07. The molecular weight excluding hydrogens is 384 g/mol. The van der Waals surface area contributed by atoms with E-state index in [1.54, 1.807) is 12.1 Å². The first-order chi connectivity index (χ1) is 13.4. The van der Waals surface area contributed by atoms with Gasteiger partial charge in [-0.1, -0.05) is 0 Å². The highest BCUT2D eigenvalue weighted by Gasteiger charge is 2.51. The van der Waals surface area contributed by atoms with Crippen LogP contribution in [0.4, 0.5) is 14.5 Å². The van der Waals surface area contributed by atoms with Crippen molar-refractivity contribution in [1.29, 1.82) is 0 Å². The van der Waals surface area contributed by atoms with Crippen molar-refractivity contribution in [3.8, 4) is 5.75 Å². The molecule has 3 N–H and O–H groups in total. The minimum Gasteiger partial charge on any atom is -0.435 e. The second-order valence-electron chi connectivity index (χ2n) is 8.62. The van der Waals surface area contributed by atoms with Crippen LogP contribution < -0.4 is 20.9 Å². The number of carbonyl (C=O) groups is 1. The molecule has 5 rings (SSSR count). The van der Waals surface area contributed by atoms with E-state index in [1.807, 2.05) is 0 Å². The highest BCUT2D eigenvalue weighted by Crippen LogP contribution is 2.61. The quantitative estimate of drug-likeness (QED) is 0.502. The van der Waals surface area contributed by atoms with E-state index in [0.717, 1.165) is 17.8 Å². The van der Waals surface area contributed by atoms with Crippen molar-refractivity contribution < 1.29 is 18.3 Å². The molecule has 4 fully saturated rings. The summed E-state index contributed by atoms with van der Waals surface area (Å²) in [6.45, 7) is -2.86. The maximum Gasteiger partial charge on any atom is 0.387 e. The van der Waals surface area contributed by atoms with Gasteiger partial charge in [-0.25, -0.2) is 0 Å². The molecule has 4 aliphatic carbocycles. The first-order valence-corrected chi connectivity index (χ1v) is 10.2. The standard InChI is InChI=1S/C20H25F2N3O2S/c21-18(22)27-16-3-1-15(2-4-16)23-19(28)25-24-17(26)11-20-8-12-5-13(9-20)7-14(6-12)10-20/h1-4,12-14,18H,5-11H2,(H,24,26)(H2,23,25,28). The van der Waals surface area contributed by atoms with Crippen molar-refractivity contribution in [3.63, 3.8) is 0 Å². The SMILES string of the molecule is O=C(CC12CC3CC(CC(C3)C1)C2)NNC(=S)Nc1ccc(OC(F)F)cc1. The van der Waals surface area contributed by atoms with Crippen LogP contribution in [0.15, 0.2) is 24.3 Å². The number of alkyl halides is 2. The van der Waals surface area contributed by atoms with Crippen molar-refractivity contribution >= 4 is 28.9 Å². The van der Waals surface area contributed by atoms with Gasteiger partial charge in [0.05, 0.1) is 0 Å². The topological polar surface area (TPSA) is 62.4 Å². The lowest BCUT2D eigenvalue weighted by Gasteiger charge is -2.56. The second-order valence-corrected chi connectivity index (χ2v) is 9.03. The minimum atomic E-state index is -2.86. The van der Waals surface area contributed by atoms with Gasteiger partial charge in [0.2, 0.25) is 5.91 Å². The molecule has 0 unspecified atom stereocenters. The number of anilines is 1. The number of ether oxygens (including phenoxy) is 1. The van der Waals surface area contributed by atoms with Crippen LogP contribution in [0.3, 0.4) is 0 Å². The molecule has 0 aromatic heterocycles. The number of hydrazine groups is 1. The van der Waals surface area contributed by atoms with Gasteiger partial charge in [-0.2, -0.15) is 8.78 Å². The number of amides is 1. The molecule has 0 heterocycles. The molecule has 4 bridgehead atoms. The largest absolute Gasteiger partial charge is 0.435 e. The Hall–Kier alpha value is -1.96. The van der Waals surface area contributed by atoms with Gasteiger partial charge >= 0.3 is 6.61 Å². The highest BCUT2D eigenvalue weighted by atomic mass is 32.1. The summed E-state index contributed by atoms with van der Waals surface area (Å²) in [5.74, 6) is 2.47. The molecule has 4 saturated carbocycles. The average molecular weight is 410 g/mol. The van der Waals surface area contributed by atoms with Crippen LogP contribution in [-0.2, 0) is 4.79 Å². The molecule has 5 nitrogen and oxygen atoms in total. The Morgan fingerprint density at radius 3 is 2.18 bits per heavy atom. The Balaban J connectivity index is 1.23. The van der Waals surface area contributed by atoms with Crippen molar-refractivity contribution in [2.24, 2.45) is 23.2 Å². The van der Waals surface area contributed by atoms with E-state index in [4.69, 9.17) is 12.2 Å². The Morgan fingerprint density at radius 1 is 1.07 bits per heavy atom. The number of benzene rings is 1. The molecule has 1 aromatic carbocycles. The molecule has 28 heavy (non-hydrogen) atoms. The maximum absolute atomic E-state index is 12.5. The maximum atomic E-state index is 12.5. The average Bonchev–Trinajstić information content (AvgIpc) is 2.60. The first-order valence-electron chi connectivity index (χ1n) is 9.80. The highest BCUT2D eigenvalue weighted by molar-refractivity contribution is 7.80. The van der Waals surface area contributed by atoms with Crippen molar-refractivity contribution in [1.82, 2.24) is 10.9 Å². The molecule has 0 aliphatic heterocycles. The van der Waals surface area contributed by atoms with Gasteiger partial charge in [-0.15, -0.1) is 0 Å². The van der Waals surface area contributed by atoms with Crippen molar-refractivity contribution in [2.75, 3.05) is 5.32 Å². The number of hydrogen-bond acceptors (Lipinski definition) is 3. The molecular formula is C20H25F2N3O2S. The molecule has 8 heteroatoms. The molecule has 0 spiro atoms. The van der Waals surface area contributed by atoms with E-state index < -0.39 is 6.61 Å². The summed E-state index contributed by atoms with van der Waals surface area (Å²) >= 11 is 5.19. The van der Waals surface area contributed by atoms with Crippen LogP contribution in [0.2, 0.25) is 0 Å². The van der Waals surface area contributed by atoms with Crippen LogP contribution in [0, 0.1) is 23.2 Å². The van der Waals surface area contributed by atoms with Gasteiger partial charge in [-0.3, -0.25) is 15.6 Å². The van der Waals surface area contributed by atoms with Crippen LogP contribution in [-0.4, -0.2) is 17.6 Å². The summed E-state index contributed by atoms with van der Waals surface area (Å²) in [4.78, 5) is 12.5. The summed E-state index contributed by atoms with van der Waals surface area (Å²) in [6, 6.07) is 5.98. The molecule has 4 aliphatic rings. The lowest BCUT2D eigenvalue weighted by atomic mass is 9.49. The minimum absolute atomic E-state index is 0.0354. The third-order valence-corrected chi connectivity index (χ3v) is 6.56. The fraction of sp³-hybridized carbons (Fsp3) is 0.600. The molecule has 0 radical (unpaired) electrons. The van der Waals surface area contributed by atoms with Crippen molar-refractivity contribution in [3.05, 3.63) is 24.3 Å². The first kappa shape index (κ1) is 19.4. The zero-order valence-electron chi connectivity index (χ0n) is 15.5. The van der Waals surface area contributed by atoms with Gasteiger partial charge in [0.25, 0.3) is 0 Å². The number of rotatable bonds is 5. The van der Waals surface area contributed by atoms with E-state index in [-0.39, 0.29) is 22.2 Å². The smallest absolute Gasteiger partial charge is 0.387 e. The van der Waals surface area contributed by atoms with Crippen LogP contribution in [0.5, 0.6) is 5.75 Å². The van der Waals surface area contributed by atoms with E-state index >= 15 is 0 Å². The number of nitrogens with one attached hydrogen (secondary N) is 3. The van der Waals surface area contributed by atoms with Crippen LogP contribution in [0.25, 0.3) is 0 Å². The Morgan fingerprint density at radius 2 is 1.64 bits per heavy atom. The molecule has 0 saturated heterocycles. The Kier molecular flexibility index (Phi) is 5.40. The fourth-order valence-electron chi connectivity index (χ4n) is 5.90.